The minimum absolute atomic E-state index is 0. The van der Waals surface area contributed by atoms with Crippen LogP contribution in [0.1, 0.15) is 39.5 Å². The van der Waals surface area contributed by atoms with E-state index in [2.05, 4.69) is 6.92 Å². The maximum atomic E-state index is 10.4. The van der Waals surface area contributed by atoms with Gasteiger partial charge < -0.3 is 10.2 Å². The van der Waals surface area contributed by atoms with Crippen LogP contribution in [0, 0.1) is 5.92 Å². The van der Waals surface area contributed by atoms with Crippen molar-refractivity contribution in [1.29, 1.82) is 0 Å². The Kier molecular flexibility index (Phi) is 18.4. The monoisotopic (exact) mass is 330 g/mol. The number of hydrogen-bond donors (Lipinski definition) is 2. The molecule has 1 atom stereocenters. The average molecular weight is 332 g/mol. The molecule has 0 aliphatic rings. The molecule has 17 heavy (non-hydrogen) atoms. The fraction of sp³-hybridized carbons (Fsp3) is 0.800. The number of rotatable bonds is 6. The van der Waals surface area contributed by atoms with Gasteiger partial charge in [-0.15, -0.1) is 0 Å². The van der Waals surface area contributed by atoms with E-state index in [1.165, 1.54) is 0 Å². The second kappa shape index (κ2) is 14.1. The Balaban J connectivity index is -0.000000244. The van der Waals surface area contributed by atoms with Crippen molar-refractivity contribution >= 4 is 35.1 Å². The van der Waals surface area contributed by atoms with E-state index in [0.29, 0.717) is 0 Å². The summed E-state index contributed by atoms with van der Waals surface area (Å²) in [6.45, 7) is 4.00. The standard InChI is InChI=1S/C8H16O2.C2H2Cl2O2.Ni/c1-3-5-6-7(4-2)8(9)10;3-1(4)2(5)6;/h7H,3-6H2,1-2H3,(H,9,10);1H,(H,5,6);. The van der Waals surface area contributed by atoms with Crippen molar-refractivity contribution in [3.05, 3.63) is 0 Å². The number of carboxylic acid groups (broad SMARTS) is 2. The number of carbonyl (C=O) groups is 2. The van der Waals surface area contributed by atoms with Gasteiger partial charge in [-0.05, 0) is 12.8 Å². The van der Waals surface area contributed by atoms with E-state index < -0.39 is 16.8 Å². The van der Waals surface area contributed by atoms with Crippen molar-refractivity contribution in [2.45, 2.75) is 44.4 Å². The summed E-state index contributed by atoms with van der Waals surface area (Å²) in [5.41, 5.74) is 0. The summed E-state index contributed by atoms with van der Waals surface area (Å²) in [5, 5.41) is 16.3. The normalized spacial score (nSPS) is 10.9. The van der Waals surface area contributed by atoms with E-state index in [-0.39, 0.29) is 22.4 Å². The summed E-state index contributed by atoms with van der Waals surface area (Å²) in [5.74, 6) is -1.96. The van der Waals surface area contributed by atoms with Gasteiger partial charge >= 0.3 is 11.9 Å². The largest absolute Gasteiger partial charge is 0.481 e. The molecule has 2 N–H and O–H groups in total. The van der Waals surface area contributed by atoms with Gasteiger partial charge in [0.05, 0.1) is 5.92 Å². The van der Waals surface area contributed by atoms with E-state index in [9.17, 15) is 9.59 Å². The van der Waals surface area contributed by atoms with Gasteiger partial charge in [0, 0.05) is 16.5 Å². The van der Waals surface area contributed by atoms with Crippen molar-refractivity contribution in [1.82, 2.24) is 0 Å². The smallest absolute Gasteiger partial charge is 0.337 e. The van der Waals surface area contributed by atoms with E-state index in [1.54, 1.807) is 0 Å². The van der Waals surface area contributed by atoms with Gasteiger partial charge in [0.2, 0.25) is 4.84 Å². The second-order valence-corrected chi connectivity index (χ2v) is 4.32. The van der Waals surface area contributed by atoms with E-state index in [0.717, 1.165) is 25.7 Å². The third-order valence-electron chi connectivity index (χ3n) is 1.93. The molecule has 0 aliphatic carbocycles. The molecular formula is C10H18Cl2NiO4. The van der Waals surface area contributed by atoms with Gasteiger partial charge in [0.1, 0.15) is 0 Å². The molecule has 0 aromatic rings. The number of carboxylic acids is 2. The molecule has 7 heteroatoms. The molecule has 1 unspecified atom stereocenters. The van der Waals surface area contributed by atoms with Crippen LogP contribution in [0.5, 0.6) is 0 Å². The molecule has 0 aromatic heterocycles. The number of aliphatic carboxylic acids is 2. The molecule has 0 aliphatic heterocycles. The average Bonchev–Trinajstić information content (AvgIpc) is 2.19. The van der Waals surface area contributed by atoms with Crippen LogP contribution >= 0.6 is 23.2 Å². The Morgan fingerprint density at radius 2 is 1.53 bits per heavy atom. The molecule has 0 saturated heterocycles. The number of hydrogen-bond acceptors (Lipinski definition) is 2. The van der Waals surface area contributed by atoms with Gasteiger partial charge in [0.25, 0.3) is 0 Å². The first-order valence-electron chi connectivity index (χ1n) is 5.10. The zero-order chi connectivity index (χ0) is 13.1. The van der Waals surface area contributed by atoms with Crippen LogP contribution in [0.3, 0.4) is 0 Å². The predicted octanol–water partition coefficient (Wildman–Crippen LogP) is 3.16. The van der Waals surface area contributed by atoms with Crippen LogP contribution in [0.25, 0.3) is 0 Å². The number of alkyl halides is 2. The predicted molar refractivity (Wildman–Crippen MR) is 64.1 cm³/mol. The maximum absolute atomic E-state index is 10.4. The van der Waals surface area contributed by atoms with Gasteiger partial charge in [-0.25, -0.2) is 4.79 Å². The summed E-state index contributed by atoms with van der Waals surface area (Å²) in [6.07, 6.45) is 3.71. The molecule has 106 valence electrons. The fourth-order valence-corrected chi connectivity index (χ4v) is 0.953. The Labute approximate surface area is 122 Å². The van der Waals surface area contributed by atoms with E-state index in [1.807, 2.05) is 6.92 Å². The van der Waals surface area contributed by atoms with Crippen LogP contribution in [0.15, 0.2) is 0 Å². The Bertz CT molecular complexity index is 212. The second-order valence-electron chi connectivity index (χ2n) is 3.22. The molecule has 0 fully saturated rings. The van der Waals surface area contributed by atoms with Crippen LogP contribution in [0.2, 0.25) is 0 Å². The molecule has 0 aromatic carbocycles. The van der Waals surface area contributed by atoms with Gasteiger partial charge in [-0.2, -0.15) is 0 Å². The Hall–Kier alpha value is 0.0135. The number of unbranched alkanes of at least 4 members (excludes halogenated alkanes) is 1. The van der Waals surface area contributed by atoms with Crippen LogP contribution in [0.4, 0.5) is 0 Å². The Morgan fingerprint density at radius 3 is 1.71 bits per heavy atom. The zero-order valence-electron chi connectivity index (χ0n) is 9.77. The first kappa shape index (κ1) is 22.2. The fourth-order valence-electron chi connectivity index (χ4n) is 0.953. The first-order valence-corrected chi connectivity index (χ1v) is 5.97. The summed E-state index contributed by atoms with van der Waals surface area (Å²) in [4.78, 5) is 18.6. The molecule has 0 saturated carbocycles. The summed E-state index contributed by atoms with van der Waals surface area (Å²) >= 11 is 9.56. The zero-order valence-corrected chi connectivity index (χ0v) is 12.3. The summed E-state index contributed by atoms with van der Waals surface area (Å²) < 4.78 is 0. The van der Waals surface area contributed by atoms with E-state index >= 15 is 0 Å². The Morgan fingerprint density at radius 1 is 1.12 bits per heavy atom. The van der Waals surface area contributed by atoms with Crippen molar-refractivity contribution in [3.63, 3.8) is 0 Å². The van der Waals surface area contributed by atoms with Crippen LogP contribution in [-0.4, -0.2) is 27.0 Å². The molecule has 0 amide bonds. The quantitative estimate of drug-likeness (QED) is 0.579. The molecule has 0 heterocycles. The molecular weight excluding hydrogens is 314 g/mol. The van der Waals surface area contributed by atoms with Crippen molar-refractivity contribution in [2.75, 3.05) is 0 Å². The van der Waals surface area contributed by atoms with Crippen LogP contribution < -0.4 is 0 Å². The molecule has 0 rings (SSSR count). The number of halogens is 2. The summed E-state index contributed by atoms with van der Waals surface area (Å²) in [7, 11) is 0. The molecule has 0 bridgehead atoms. The topological polar surface area (TPSA) is 74.6 Å². The third kappa shape index (κ3) is 16.0. The molecule has 4 nitrogen and oxygen atoms in total. The minimum atomic E-state index is -1.29. The minimum Gasteiger partial charge on any atom is -0.481 e. The molecule has 0 spiro atoms. The van der Waals surface area contributed by atoms with Crippen molar-refractivity contribution in [2.24, 2.45) is 5.92 Å². The van der Waals surface area contributed by atoms with Gasteiger partial charge in [-0.3, -0.25) is 4.79 Å². The van der Waals surface area contributed by atoms with Crippen molar-refractivity contribution in [3.8, 4) is 0 Å². The maximum Gasteiger partial charge on any atom is 0.337 e. The van der Waals surface area contributed by atoms with Gasteiger partial charge in [0.15, 0.2) is 0 Å². The first-order chi connectivity index (χ1) is 7.36. The SMILES string of the molecule is CCCCC(CC)C(=O)O.O=C(O)C(Cl)Cl.[Ni]. The summed E-state index contributed by atoms with van der Waals surface area (Å²) in [6, 6.07) is 0. The third-order valence-corrected chi connectivity index (χ3v) is 2.31. The molecule has 0 radical (unpaired) electrons. The van der Waals surface area contributed by atoms with Crippen molar-refractivity contribution < 1.29 is 36.3 Å². The van der Waals surface area contributed by atoms with E-state index in [4.69, 9.17) is 33.4 Å². The van der Waals surface area contributed by atoms with Crippen LogP contribution in [-0.2, 0) is 26.1 Å². The van der Waals surface area contributed by atoms with Gasteiger partial charge in [-0.1, -0.05) is 49.9 Å².